The molecular formula is C20H17N5O. The number of para-hydroxylation sites is 1. The highest BCUT2D eigenvalue weighted by Gasteiger charge is 2.10. The topological polar surface area (TPSA) is 72.7 Å². The zero-order valence-electron chi connectivity index (χ0n) is 14.5. The van der Waals surface area contributed by atoms with E-state index in [0.29, 0.717) is 17.2 Å². The van der Waals surface area contributed by atoms with E-state index in [9.17, 15) is 4.79 Å². The van der Waals surface area contributed by atoms with Gasteiger partial charge in [0.2, 0.25) is 0 Å². The molecular weight excluding hydrogens is 326 g/mol. The molecule has 0 aliphatic heterocycles. The Labute approximate surface area is 150 Å². The lowest BCUT2D eigenvalue weighted by atomic mass is 10.2. The standard InChI is InChI=1S/C20H17N5O/c1-13-11-14(2)25(24-13)19-10-8-16(12-21-19)22-20(26)18-9-7-15-5-3-4-6-17(15)23-18/h3-12H,1-2H3,(H,22,26). The Bertz CT molecular complexity index is 1100. The molecule has 0 unspecified atom stereocenters. The number of aryl methyl sites for hydroxylation is 2. The third kappa shape index (κ3) is 3.04. The van der Waals surface area contributed by atoms with E-state index in [2.05, 4.69) is 20.4 Å². The minimum atomic E-state index is -0.267. The summed E-state index contributed by atoms with van der Waals surface area (Å²) < 4.78 is 1.77. The summed E-state index contributed by atoms with van der Waals surface area (Å²) in [5.41, 5.74) is 3.70. The van der Waals surface area contributed by atoms with E-state index < -0.39 is 0 Å². The molecule has 0 saturated heterocycles. The van der Waals surface area contributed by atoms with Crippen LogP contribution in [0.25, 0.3) is 16.7 Å². The van der Waals surface area contributed by atoms with Gasteiger partial charge in [-0.05, 0) is 44.2 Å². The number of hydrogen-bond acceptors (Lipinski definition) is 4. The Morgan fingerprint density at radius 3 is 2.62 bits per heavy atom. The summed E-state index contributed by atoms with van der Waals surface area (Å²) in [6, 6.07) is 16.9. The smallest absolute Gasteiger partial charge is 0.274 e. The number of anilines is 1. The summed E-state index contributed by atoms with van der Waals surface area (Å²) in [4.78, 5) is 21.2. The number of aromatic nitrogens is 4. The van der Waals surface area contributed by atoms with Gasteiger partial charge >= 0.3 is 0 Å². The maximum Gasteiger partial charge on any atom is 0.274 e. The highest BCUT2D eigenvalue weighted by Crippen LogP contribution is 2.15. The number of fused-ring (bicyclic) bond motifs is 1. The third-order valence-electron chi connectivity index (χ3n) is 4.06. The van der Waals surface area contributed by atoms with Crippen LogP contribution in [0, 0.1) is 13.8 Å². The zero-order valence-corrected chi connectivity index (χ0v) is 14.5. The maximum absolute atomic E-state index is 12.5. The Balaban J connectivity index is 1.54. The molecule has 6 heteroatoms. The minimum absolute atomic E-state index is 0.267. The second kappa shape index (κ2) is 6.40. The average Bonchev–Trinajstić information content (AvgIpc) is 3.00. The fraction of sp³-hybridized carbons (Fsp3) is 0.100. The van der Waals surface area contributed by atoms with Crippen molar-refractivity contribution in [3.8, 4) is 5.82 Å². The summed E-state index contributed by atoms with van der Waals surface area (Å²) in [5, 5.41) is 8.23. The van der Waals surface area contributed by atoms with Crippen LogP contribution in [0.2, 0.25) is 0 Å². The second-order valence-electron chi connectivity index (χ2n) is 6.09. The zero-order chi connectivity index (χ0) is 18.1. The molecule has 0 radical (unpaired) electrons. The Morgan fingerprint density at radius 2 is 1.88 bits per heavy atom. The van der Waals surface area contributed by atoms with Gasteiger partial charge in [0, 0.05) is 11.1 Å². The average molecular weight is 343 g/mol. The molecule has 1 aromatic carbocycles. The van der Waals surface area contributed by atoms with E-state index in [4.69, 9.17) is 0 Å². The molecule has 3 heterocycles. The van der Waals surface area contributed by atoms with Gasteiger partial charge in [0.25, 0.3) is 5.91 Å². The lowest BCUT2D eigenvalue weighted by Gasteiger charge is -2.07. The molecule has 3 aromatic heterocycles. The molecule has 0 spiro atoms. The summed E-state index contributed by atoms with van der Waals surface area (Å²) in [6.45, 7) is 3.91. The molecule has 1 amide bonds. The molecule has 0 aliphatic carbocycles. The molecule has 26 heavy (non-hydrogen) atoms. The van der Waals surface area contributed by atoms with Crippen molar-refractivity contribution in [2.24, 2.45) is 0 Å². The first-order chi connectivity index (χ1) is 12.6. The number of hydrogen-bond donors (Lipinski definition) is 1. The molecule has 4 aromatic rings. The van der Waals surface area contributed by atoms with Crippen LogP contribution >= 0.6 is 0 Å². The van der Waals surface area contributed by atoms with Crippen LogP contribution in [-0.2, 0) is 0 Å². The second-order valence-corrected chi connectivity index (χ2v) is 6.09. The number of nitrogens with zero attached hydrogens (tertiary/aromatic N) is 4. The summed E-state index contributed by atoms with van der Waals surface area (Å²) in [7, 11) is 0. The van der Waals surface area contributed by atoms with Crippen molar-refractivity contribution in [1.29, 1.82) is 0 Å². The predicted molar refractivity (Wildman–Crippen MR) is 101 cm³/mol. The van der Waals surface area contributed by atoms with E-state index in [1.165, 1.54) is 0 Å². The van der Waals surface area contributed by atoms with Crippen molar-refractivity contribution in [2.75, 3.05) is 5.32 Å². The van der Waals surface area contributed by atoms with Gasteiger partial charge in [0.05, 0.1) is 23.1 Å². The summed E-state index contributed by atoms with van der Waals surface area (Å²) in [6.07, 6.45) is 1.62. The Hall–Kier alpha value is -3.54. The van der Waals surface area contributed by atoms with Crippen molar-refractivity contribution in [3.63, 3.8) is 0 Å². The number of rotatable bonds is 3. The van der Waals surface area contributed by atoms with Gasteiger partial charge in [-0.3, -0.25) is 4.79 Å². The summed E-state index contributed by atoms with van der Waals surface area (Å²) in [5.74, 6) is 0.439. The lowest BCUT2D eigenvalue weighted by molar-refractivity contribution is 0.102. The van der Waals surface area contributed by atoms with E-state index in [1.807, 2.05) is 56.3 Å². The first kappa shape index (κ1) is 16.0. The van der Waals surface area contributed by atoms with Gasteiger partial charge in [-0.15, -0.1) is 0 Å². The van der Waals surface area contributed by atoms with E-state index in [-0.39, 0.29) is 5.91 Å². The maximum atomic E-state index is 12.5. The van der Waals surface area contributed by atoms with E-state index in [1.54, 1.807) is 23.0 Å². The van der Waals surface area contributed by atoms with Gasteiger partial charge in [-0.25, -0.2) is 14.6 Å². The molecule has 0 saturated carbocycles. The van der Waals surface area contributed by atoms with Crippen LogP contribution < -0.4 is 5.32 Å². The number of pyridine rings is 2. The first-order valence-corrected chi connectivity index (χ1v) is 8.27. The quantitative estimate of drug-likeness (QED) is 0.616. The molecule has 0 bridgehead atoms. The predicted octanol–water partition coefficient (Wildman–Crippen LogP) is 3.68. The number of benzene rings is 1. The van der Waals surface area contributed by atoms with Crippen LogP contribution in [-0.4, -0.2) is 25.7 Å². The van der Waals surface area contributed by atoms with Crippen molar-refractivity contribution in [3.05, 3.63) is 77.9 Å². The molecule has 4 rings (SSSR count). The van der Waals surface area contributed by atoms with Crippen LogP contribution in [0.15, 0.2) is 60.8 Å². The normalized spacial score (nSPS) is 10.8. The molecule has 1 N–H and O–H groups in total. The molecule has 128 valence electrons. The number of carbonyl (C=O) groups excluding carboxylic acids is 1. The van der Waals surface area contributed by atoms with Crippen molar-refractivity contribution < 1.29 is 4.79 Å². The highest BCUT2D eigenvalue weighted by molar-refractivity contribution is 6.04. The van der Waals surface area contributed by atoms with Crippen molar-refractivity contribution in [1.82, 2.24) is 19.7 Å². The van der Waals surface area contributed by atoms with Crippen LogP contribution in [0.3, 0.4) is 0 Å². The van der Waals surface area contributed by atoms with Crippen LogP contribution in [0.1, 0.15) is 21.9 Å². The Kier molecular flexibility index (Phi) is 3.93. The van der Waals surface area contributed by atoms with Gasteiger partial charge < -0.3 is 5.32 Å². The monoisotopic (exact) mass is 343 g/mol. The fourth-order valence-corrected chi connectivity index (χ4v) is 2.83. The van der Waals surface area contributed by atoms with Gasteiger partial charge in [0.1, 0.15) is 5.69 Å². The van der Waals surface area contributed by atoms with E-state index in [0.717, 1.165) is 22.3 Å². The largest absolute Gasteiger partial charge is 0.319 e. The minimum Gasteiger partial charge on any atom is -0.319 e. The number of carbonyl (C=O) groups is 1. The third-order valence-corrected chi connectivity index (χ3v) is 4.06. The SMILES string of the molecule is Cc1cc(C)n(-c2ccc(NC(=O)c3ccc4ccccc4n3)cn2)n1. The van der Waals surface area contributed by atoms with Crippen molar-refractivity contribution in [2.45, 2.75) is 13.8 Å². The van der Waals surface area contributed by atoms with Gasteiger partial charge in [0.15, 0.2) is 5.82 Å². The highest BCUT2D eigenvalue weighted by atomic mass is 16.1. The van der Waals surface area contributed by atoms with Crippen LogP contribution in [0.4, 0.5) is 5.69 Å². The molecule has 0 atom stereocenters. The van der Waals surface area contributed by atoms with Gasteiger partial charge in [-0.1, -0.05) is 24.3 Å². The summed E-state index contributed by atoms with van der Waals surface area (Å²) >= 11 is 0. The Morgan fingerprint density at radius 1 is 1.04 bits per heavy atom. The first-order valence-electron chi connectivity index (χ1n) is 8.27. The number of amides is 1. The molecule has 0 fully saturated rings. The molecule has 6 nitrogen and oxygen atoms in total. The lowest BCUT2D eigenvalue weighted by Crippen LogP contribution is -2.14. The van der Waals surface area contributed by atoms with Crippen LogP contribution in [0.5, 0.6) is 0 Å². The fourth-order valence-electron chi connectivity index (χ4n) is 2.83. The van der Waals surface area contributed by atoms with E-state index >= 15 is 0 Å². The molecule has 0 aliphatic rings. The van der Waals surface area contributed by atoms with Gasteiger partial charge in [-0.2, -0.15) is 5.10 Å². The number of nitrogens with one attached hydrogen (secondary N) is 1. The van der Waals surface area contributed by atoms with Crippen molar-refractivity contribution >= 4 is 22.5 Å².